The van der Waals surface area contributed by atoms with Crippen LogP contribution < -0.4 is 14.2 Å². The van der Waals surface area contributed by atoms with E-state index in [1.165, 1.54) is 0 Å². The summed E-state index contributed by atoms with van der Waals surface area (Å²) in [7, 11) is 3.26. The Morgan fingerprint density at radius 2 is 1.90 bits per heavy atom. The van der Waals surface area contributed by atoms with Crippen LogP contribution in [-0.4, -0.2) is 25.1 Å². The fourth-order valence-corrected chi connectivity index (χ4v) is 3.36. The van der Waals surface area contributed by atoms with E-state index < -0.39 is 0 Å². The lowest BCUT2D eigenvalue weighted by Crippen LogP contribution is -2.15. The van der Waals surface area contributed by atoms with Crippen LogP contribution >= 0.6 is 11.8 Å². The maximum absolute atomic E-state index is 9.37. The number of aromatic hydroxyl groups is 1. The topological polar surface area (TPSA) is 47.9 Å². The fraction of sp³-hybridized carbons (Fsp3) is 0.250. The summed E-state index contributed by atoms with van der Waals surface area (Å²) >= 11 is 1.70. The lowest BCUT2D eigenvalue weighted by atomic mass is 10.1. The minimum atomic E-state index is -0.0556. The monoisotopic (exact) mass is 304 g/mol. The Labute approximate surface area is 127 Å². The number of hydrogen-bond acceptors (Lipinski definition) is 5. The Hall–Kier alpha value is -2.01. The average Bonchev–Trinajstić information content (AvgIpc) is 2.53. The molecule has 0 amide bonds. The number of rotatable bonds is 3. The molecule has 1 aliphatic heterocycles. The molecule has 5 heteroatoms. The van der Waals surface area contributed by atoms with Crippen LogP contribution in [0, 0.1) is 0 Å². The Morgan fingerprint density at radius 1 is 1.14 bits per heavy atom. The predicted octanol–water partition coefficient (Wildman–Crippen LogP) is 3.64. The van der Waals surface area contributed by atoms with Crippen molar-refractivity contribution in [1.82, 2.24) is 0 Å². The molecule has 3 rings (SSSR count). The third-order valence-corrected chi connectivity index (χ3v) is 4.52. The molecular weight excluding hydrogens is 288 g/mol. The SMILES string of the molecule is COc1cc(OC)c2c(c1)OC(c1ccc(O)cc1)CS2. The number of phenolic OH excluding ortho intramolecular Hbond substituents is 1. The van der Waals surface area contributed by atoms with Gasteiger partial charge in [-0.15, -0.1) is 11.8 Å². The molecule has 1 unspecified atom stereocenters. The zero-order valence-corrected chi connectivity index (χ0v) is 12.6. The molecule has 2 aromatic rings. The molecule has 4 nitrogen and oxygen atoms in total. The number of thioether (sulfide) groups is 1. The van der Waals surface area contributed by atoms with Gasteiger partial charge in [0, 0.05) is 17.9 Å². The number of hydrogen-bond donors (Lipinski definition) is 1. The molecule has 0 saturated carbocycles. The second kappa shape index (κ2) is 5.77. The van der Waals surface area contributed by atoms with Crippen molar-refractivity contribution in [2.75, 3.05) is 20.0 Å². The van der Waals surface area contributed by atoms with Gasteiger partial charge >= 0.3 is 0 Å². The van der Waals surface area contributed by atoms with Gasteiger partial charge in [0.15, 0.2) is 0 Å². The Kier molecular flexibility index (Phi) is 3.84. The summed E-state index contributed by atoms with van der Waals surface area (Å²) in [4.78, 5) is 0.994. The van der Waals surface area contributed by atoms with Gasteiger partial charge in [0.05, 0.1) is 19.1 Å². The van der Waals surface area contributed by atoms with Crippen molar-refractivity contribution < 1.29 is 19.3 Å². The standard InChI is InChI=1S/C16H16O4S/c1-18-12-7-13(19-2)16-14(8-12)20-15(9-21-16)10-3-5-11(17)6-4-10/h3-8,15,17H,9H2,1-2H3. The number of fused-ring (bicyclic) bond motifs is 1. The van der Waals surface area contributed by atoms with Gasteiger partial charge in [-0.25, -0.2) is 0 Å². The lowest BCUT2D eigenvalue weighted by Gasteiger charge is -2.27. The van der Waals surface area contributed by atoms with Gasteiger partial charge in [0.25, 0.3) is 0 Å². The van der Waals surface area contributed by atoms with Crippen molar-refractivity contribution in [2.45, 2.75) is 11.0 Å². The molecule has 1 N–H and O–H groups in total. The minimum Gasteiger partial charge on any atom is -0.508 e. The molecule has 0 spiro atoms. The first-order valence-electron chi connectivity index (χ1n) is 6.55. The van der Waals surface area contributed by atoms with Gasteiger partial charge in [-0.1, -0.05) is 12.1 Å². The van der Waals surface area contributed by atoms with Crippen molar-refractivity contribution in [3.63, 3.8) is 0 Å². The van der Waals surface area contributed by atoms with E-state index in [0.717, 1.165) is 27.7 Å². The van der Waals surface area contributed by atoms with Gasteiger partial charge in [-0.2, -0.15) is 0 Å². The van der Waals surface area contributed by atoms with E-state index in [9.17, 15) is 5.11 Å². The molecule has 1 heterocycles. The van der Waals surface area contributed by atoms with Gasteiger partial charge in [-0.3, -0.25) is 0 Å². The summed E-state index contributed by atoms with van der Waals surface area (Å²) in [6, 6.07) is 10.8. The number of phenols is 1. The van der Waals surface area contributed by atoms with Crippen LogP contribution in [-0.2, 0) is 0 Å². The summed E-state index contributed by atoms with van der Waals surface area (Å²) in [6.07, 6.45) is -0.0556. The molecular formula is C16H16O4S. The molecule has 110 valence electrons. The van der Waals surface area contributed by atoms with E-state index in [1.807, 2.05) is 24.3 Å². The highest BCUT2D eigenvalue weighted by Gasteiger charge is 2.25. The van der Waals surface area contributed by atoms with Gasteiger partial charge in [0.1, 0.15) is 29.1 Å². The van der Waals surface area contributed by atoms with Crippen LogP contribution in [0.3, 0.4) is 0 Å². The van der Waals surface area contributed by atoms with Crippen LogP contribution in [0.25, 0.3) is 0 Å². The maximum atomic E-state index is 9.37. The first kappa shape index (κ1) is 13.9. The quantitative estimate of drug-likeness (QED) is 0.938. The third kappa shape index (κ3) is 2.74. The lowest BCUT2D eigenvalue weighted by molar-refractivity contribution is 0.216. The van der Waals surface area contributed by atoms with E-state index in [4.69, 9.17) is 14.2 Å². The molecule has 0 saturated heterocycles. The third-order valence-electron chi connectivity index (χ3n) is 3.36. The Bertz CT molecular complexity index is 639. The predicted molar refractivity (Wildman–Crippen MR) is 81.7 cm³/mol. The highest BCUT2D eigenvalue weighted by molar-refractivity contribution is 7.99. The van der Waals surface area contributed by atoms with Crippen molar-refractivity contribution in [2.24, 2.45) is 0 Å². The molecule has 2 aromatic carbocycles. The molecule has 0 bridgehead atoms. The van der Waals surface area contributed by atoms with E-state index >= 15 is 0 Å². The number of benzene rings is 2. The highest BCUT2D eigenvalue weighted by atomic mass is 32.2. The van der Waals surface area contributed by atoms with Crippen molar-refractivity contribution in [1.29, 1.82) is 0 Å². The minimum absolute atomic E-state index is 0.0556. The number of ether oxygens (including phenoxy) is 3. The molecule has 0 fully saturated rings. The maximum Gasteiger partial charge on any atom is 0.141 e. The molecule has 0 aliphatic carbocycles. The first-order valence-corrected chi connectivity index (χ1v) is 7.54. The zero-order valence-electron chi connectivity index (χ0n) is 11.8. The van der Waals surface area contributed by atoms with Crippen LogP contribution in [0.1, 0.15) is 11.7 Å². The van der Waals surface area contributed by atoms with Crippen molar-refractivity contribution >= 4 is 11.8 Å². The van der Waals surface area contributed by atoms with Crippen molar-refractivity contribution in [3.8, 4) is 23.0 Å². The Morgan fingerprint density at radius 3 is 2.57 bits per heavy atom. The molecule has 1 aliphatic rings. The van der Waals surface area contributed by atoms with Gasteiger partial charge in [-0.05, 0) is 17.7 Å². The second-order valence-corrected chi connectivity index (χ2v) is 5.70. The van der Waals surface area contributed by atoms with Crippen molar-refractivity contribution in [3.05, 3.63) is 42.0 Å². The molecule has 21 heavy (non-hydrogen) atoms. The van der Waals surface area contributed by atoms with E-state index in [-0.39, 0.29) is 11.9 Å². The first-order chi connectivity index (χ1) is 10.2. The number of methoxy groups -OCH3 is 2. The average molecular weight is 304 g/mol. The zero-order chi connectivity index (χ0) is 14.8. The molecule has 1 atom stereocenters. The van der Waals surface area contributed by atoms with E-state index in [1.54, 1.807) is 38.1 Å². The van der Waals surface area contributed by atoms with E-state index in [2.05, 4.69) is 0 Å². The van der Waals surface area contributed by atoms with Crippen LogP contribution in [0.4, 0.5) is 0 Å². The van der Waals surface area contributed by atoms with Crippen LogP contribution in [0.15, 0.2) is 41.3 Å². The van der Waals surface area contributed by atoms with E-state index in [0.29, 0.717) is 5.75 Å². The summed E-state index contributed by atoms with van der Waals surface area (Å²) < 4.78 is 16.8. The molecule has 0 radical (unpaired) electrons. The highest BCUT2D eigenvalue weighted by Crippen LogP contribution is 2.47. The normalized spacial score (nSPS) is 16.8. The summed E-state index contributed by atoms with van der Waals surface area (Å²) in [5, 5.41) is 9.37. The summed E-state index contributed by atoms with van der Waals surface area (Å²) in [5.74, 6) is 3.28. The summed E-state index contributed by atoms with van der Waals surface area (Å²) in [6.45, 7) is 0. The van der Waals surface area contributed by atoms with Gasteiger partial charge in [0.2, 0.25) is 0 Å². The second-order valence-electron chi connectivity index (χ2n) is 4.67. The van der Waals surface area contributed by atoms with Crippen LogP contribution in [0.5, 0.6) is 23.0 Å². The molecule has 0 aromatic heterocycles. The Balaban J connectivity index is 1.92. The van der Waals surface area contributed by atoms with Crippen LogP contribution in [0.2, 0.25) is 0 Å². The van der Waals surface area contributed by atoms with Gasteiger partial charge < -0.3 is 19.3 Å². The fourth-order valence-electron chi connectivity index (χ4n) is 2.25. The largest absolute Gasteiger partial charge is 0.508 e. The smallest absolute Gasteiger partial charge is 0.141 e. The summed E-state index contributed by atoms with van der Waals surface area (Å²) in [5.41, 5.74) is 1.03.